The number of nitrogens with zero attached hydrogens (tertiary/aromatic N) is 1. The van der Waals surface area contributed by atoms with Gasteiger partial charge in [-0.3, -0.25) is 4.84 Å². The van der Waals surface area contributed by atoms with Crippen LogP contribution in [0.1, 0.15) is 6.92 Å². The topological polar surface area (TPSA) is 111 Å². The highest BCUT2D eigenvalue weighted by Crippen LogP contribution is 1.85. The number of hydrogen-bond donors (Lipinski definition) is 2. The first kappa shape index (κ1) is 10.2. The van der Waals surface area contributed by atoms with E-state index in [1.54, 1.807) is 6.92 Å². The molecular formula is C5H8N2O5. The third kappa shape index (κ3) is 4.09. The Morgan fingerprint density at radius 1 is 1.58 bits per heavy atom. The standard InChI is InChI=1S/C5H8N2O5/c1-2-11-5(10)12-7-3(6)4(8)9/h2H2,1H3,(H2,6,7)(H,8,9). The summed E-state index contributed by atoms with van der Waals surface area (Å²) in [4.78, 5) is 24.3. The highest BCUT2D eigenvalue weighted by Gasteiger charge is 2.06. The summed E-state index contributed by atoms with van der Waals surface area (Å²) in [5, 5.41) is 10.9. The van der Waals surface area contributed by atoms with Gasteiger partial charge < -0.3 is 15.6 Å². The Balaban J connectivity index is 3.87. The molecule has 0 saturated carbocycles. The zero-order valence-corrected chi connectivity index (χ0v) is 6.31. The van der Waals surface area contributed by atoms with E-state index in [0.29, 0.717) is 0 Å². The van der Waals surface area contributed by atoms with Gasteiger partial charge >= 0.3 is 12.1 Å². The lowest BCUT2D eigenvalue weighted by atomic mass is 10.6. The summed E-state index contributed by atoms with van der Waals surface area (Å²) in [6, 6.07) is 0. The molecule has 0 aromatic rings. The predicted molar refractivity (Wildman–Crippen MR) is 37.4 cm³/mol. The Labute approximate surface area is 67.7 Å². The number of amidine groups is 1. The van der Waals surface area contributed by atoms with Crippen LogP contribution in [0.4, 0.5) is 4.79 Å². The highest BCUT2D eigenvalue weighted by atomic mass is 16.8. The van der Waals surface area contributed by atoms with Gasteiger partial charge in [-0.25, -0.2) is 9.59 Å². The minimum atomic E-state index is -1.47. The van der Waals surface area contributed by atoms with Gasteiger partial charge in [0.2, 0.25) is 5.84 Å². The molecule has 0 aromatic carbocycles. The van der Waals surface area contributed by atoms with Crippen molar-refractivity contribution in [2.45, 2.75) is 6.92 Å². The van der Waals surface area contributed by atoms with Crippen LogP contribution in [0.25, 0.3) is 0 Å². The molecule has 0 heterocycles. The minimum Gasteiger partial charge on any atom is -0.475 e. The molecule has 0 atom stereocenters. The largest absolute Gasteiger partial charge is 0.535 e. The maximum absolute atomic E-state index is 10.4. The van der Waals surface area contributed by atoms with E-state index in [1.807, 2.05) is 0 Å². The molecule has 0 bridgehead atoms. The molecule has 12 heavy (non-hydrogen) atoms. The van der Waals surface area contributed by atoms with Crippen molar-refractivity contribution in [1.29, 1.82) is 0 Å². The molecule has 0 saturated heterocycles. The molecular weight excluding hydrogens is 168 g/mol. The van der Waals surface area contributed by atoms with Gasteiger partial charge in [-0.05, 0) is 12.1 Å². The van der Waals surface area contributed by atoms with Gasteiger partial charge in [-0.1, -0.05) is 0 Å². The first-order valence-corrected chi connectivity index (χ1v) is 2.98. The van der Waals surface area contributed by atoms with Gasteiger partial charge in [0.15, 0.2) is 0 Å². The Kier molecular flexibility index (Phi) is 4.20. The van der Waals surface area contributed by atoms with Crippen molar-refractivity contribution >= 4 is 18.0 Å². The van der Waals surface area contributed by atoms with Crippen molar-refractivity contribution in [1.82, 2.24) is 0 Å². The van der Waals surface area contributed by atoms with Gasteiger partial charge in [-0.2, -0.15) is 0 Å². The predicted octanol–water partition coefficient (Wildman–Crippen LogP) is -0.484. The second-order valence-corrected chi connectivity index (χ2v) is 1.56. The lowest BCUT2D eigenvalue weighted by molar-refractivity contribution is -0.129. The van der Waals surface area contributed by atoms with Crippen LogP contribution < -0.4 is 5.73 Å². The Hall–Kier alpha value is -1.79. The molecule has 0 unspecified atom stereocenters. The number of ether oxygens (including phenoxy) is 1. The van der Waals surface area contributed by atoms with Gasteiger partial charge in [0.05, 0.1) is 6.61 Å². The monoisotopic (exact) mass is 176 g/mol. The van der Waals surface area contributed by atoms with E-state index >= 15 is 0 Å². The van der Waals surface area contributed by atoms with Gasteiger partial charge in [0, 0.05) is 0 Å². The third-order valence-corrected chi connectivity index (χ3v) is 0.700. The average molecular weight is 176 g/mol. The van der Waals surface area contributed by atoms with Crippen LogP contribution in [0.2, 0.25) is 0 Å². The summed E-state index contributed by atoms with van der Waals surface area (Å²) in [7, 11) is 0. The molecule has 0 aliphatic carbocycles. The van der Waals surface area contributed by atoms with E-state index in [-0.39, 0.29) is 6.61 Å². The fraction of sp³-hybridized carbons (Fsp3) is 0.400. The van der Waals surface area contributed by atoms with Gasteiger partial charge in [0.1, 0.15) is 0 Å². The molecule has 0 amide bonds. The molecule has 0 radical (unpaired) electrons. The van der Waals surface area contributed by atoms with Crippen molar-refractivity contribution in [2.75, 3.05) is 6.61 Å². The molecule has 0 aromatic heterocycles. The van der Waals surface area contributed by atoms with E-state index in [1.165, 1.54) is 0 Å². The Morgan fingerprint density at radius 3 is 2.58 bits per heavy atom. The van der Waals surface area contributed by atoms with Crippen LogP contribution in [0.15, 0.2) is 5.16 Å². The van der Waals surface area contributed by atoms with E-state index in [4.69, 9.17) is 10.8 Å². The Morgan fingerprint density at radius 2 is 2.17 bits per heavy atom. The van der Waals surface area contributed by atoms with Gasteiger partial charge in [-0.15, -0.1) is 0 Å². The summed E-state index contributed by atoms with van der Waals surface area (Å²) in [5.41, 5.74) is 4.78. The number of carboxylic acids is 1. The van der Waals surface area contributed by atoms with Crippen molar-refractivity contribution in [3.63, 3.8) is 0 Å². The number of rotatable bonds is 2. The fourth-order valence-corrected chi connectivity index (χ4v) is 0.270. The molecule has 0 spiro atoms. The number of hydrogen-bond acceptors (Lipinski definition) is 5. The number of oxime groups is 1. The number of carbonyl (C=O) groups excluding carboxylic acids is 1. The quantitative estimate of drug-likeness (QED) is 0.193. The molecule has 68 valence electrons. The SMILES string of the molecule is CCOC(=O)O/N=C(/N)C(=O)O. The second-order valence-electron chi connectivity index (χ2n) is 1.56. The number of carbonyl (C=O) groups is 2. The van der Waals surface area contributed by atoms with E-state index in [0.717, 1.165) is 0 Å². The summed E-state index contributed by atoms with van der Waals surface area (Å²) >= 11 is 0. The van der Waals surface area contributed by atoms with Crippen molar-refractivity contribution in [3.05, 3.63) is 0 Å². The number of carboxylic acid groups (broad SMARTS) is 1. The molecule has 0 aliphatic rings. The van der Waals surface area contributed by atoms with Crippen molar-refractivity contribution in [3.8, 4) is 0 Å². The smallest absolute Gasteiger partial charge is 0.475 e. The fourth-order valence-electron chi connectivity index (χ4n) is 0.270. The van der Waals surface area contributed by atoms with E-state index < -0.39 is 18.0 Å². The molecule has 7 nitrogen and oxygen atoms in total. The van der Waals surface area contributed by atoms with Gasteiger partial charge in [0.25, 0.3) is 0 Å². The van der Waals surface area contributed by atoms with Crippen LogP contribution >= 0.6 is 0 Å². The van der Waals surface area contributed by atoms with Crippen LogP contribution in [-0.4, -0.2) is 29.7 Å². The van der Waals surface area contributed by atoms with Crippen molar-refractivity contribution in [2.24, 2.45) is 10.9 Å². The van der Waals surface area contributed by atoms with E-state index in [9.17, 15) is 9.59 Å². The highest BCUT2D eigenvalue weighted by molar-refractivity contribution is 6.33. The molecule has 0 fully saturated rings. The van der Waals surface area contributed by atoms with Crippen LogP contribution in [0.5, 0.6) is 0 Å². The third-order valence-electron chi connectivity index (χ3n) is 0.700. The zero-order valence-electron chi connectivity index (χ0n) is 6.31. The molecule has 7 heteroatoms. The maximum atomic E-state index is 10.4. The summed E-state index contributed by atoms with van der Waals surface area (Å²) in [6.07, 6.45) is -1.10. The lowest BCUT2D eigenvalue weighted by Gasteiger charge is -1.96. The van der Waals surface area contributed by atoms with Crippen LogP contribution in [0, 0.1) is 0 Å². The number of nitrogens with two attached hydrogens (primary N) is 1. The average Bonchev–Trinajstić information content (AvgIpc) is 2.00. The lowest BCUT2D eigenvalue weighted by Crippen LogP contribution is -2.23. The molecule has 0 rings (SSSR count). The minimum absolute atomic E-state index is 0.112. The summed E-state index contributed by atoms with van der Waals surface area (Å²) in [6.45, 7) is 1.67. The first-order chi connectivity index (χ1) is 5.57. The first-order valence-electron chi connectivity index (χ1n) is 2.98. The summed E-state index contributed by atoms with van der Waals surface area (Å²) < 4.78 is 4.26. The number of aliphatic carboxylic acids is 1. The molecule has 0 aliphatic heterocycles. The van der Waals surface area contributed by atoms with Crippen LogP contribution in [-0.2, 0) is 14.4 Å². The van der Waals surface area contributed by atoms with Crippen molar-refractivity contribution < 1.29 is 24.3 Å². The molecule has 3 N–H and O–H groups in total. The normalized spacial score (nSPS) is 10.6. The second kappa shape index (κ2) is 4.94. The van der Waals surface area contributed by atoms with E-state index in [2.05, 4.69) is 14.7 Å². The zero-order chi connectivity index (χ0) is 9.56. The Bertz CT molecular complexity index is 212. The summed E-state index contributed by atoms with van der Waals surface area (Å²) in [5.74, 6) is -2.29. The maximum Gasteiger partial charge on any atom is 0.535 e. The van der Waals surface area contributed by atoms with Crippen LogP contribution in [0.3, 0.4) is 0 Å².